The van der Waals surface area contributed by atoms with Gasteiger partial charge in [-0.05, 0) is 12.1 Å². The largest absolute Gasteiger partial charge is 0.534 e. The van der Waals surface area contributed by atoms with Crippen LogP contribution >= 0.6 is 0 Å². The van der Waals surface area contributed by atoms with Crippen molar-refractivity contribution in [3.05, 3.63) is 35.7 Å². The highest BCUT2D eigenvalue weighted by atomic mass is 32.2. The molecule has 0 atom stereocenters. The summed E-state index contributed by atoms with van der Waals surface area (Å²) in [5.74, 6) is -2.07. The first kappa shape index (κ1) is 19.3. The van der Waals surface area contributed by atoms with Crippen LogP contribution in [-0.2, 0) is 14.3 Å². The maximum Gasteiger partial charge on any atom is 0.534 e. The lowest BCUT2D eigenvalue weighted by Crippen LogP contribution is -2.49. The average Bonchev–Trinajstić information content (AvgIpc) is 2.55. The van der Waals surface area contributed by atoms with Gasteiger partial charge in [-0.15, -0.1) is 0 Å². The number of alkyl halides is 3. The third-order valence-electron chi connectivity index (χ3n) is 4.30. The number of amides is 1. The average molecular weight is 411 g/mol. The standard InChI is InChI=1S/C15H13F4NO6S/c16-10-3-1-2-9-11(26-27(23,24)15(17,18)19)8-14(25-12(9)10)4-6-20(7-5-14)13(21)22/h1-3,8H,4-7H2,(H,21,22). The van der Waals surface area contributed by atoms with Crippen molar-refractivity contribution >= 4 is 22.0 Å². The smallest absolute Gasteiger partial charge is 0.479 e. The fourth-order valence-electron chi connectivity index (χ4n) is 2.91. The van der Waals surface area contributed by atoms with Crippen LogP contribution in [0, 0.1) is 5.82 Å². The van der Waals surface area contributed by atoms with Crippen molar-refractivity contribution in [2.75, 3.05) is 13.1 Å². The normalized spacial score (nSPS) is 19.1. The molecule has 2 aliphatic rings. The van der Waals surface area contributed by atoms with E-state index in [0.717, 1.165) is 23.1 Å². The maximum atomic E-state index is 14.2. The summed E-state index contributed by atoms with van der Waals surface area (Å²) in [5, 5.41) is 9.00. The molecule has 0 saturated carbocycles. The van der Waals surface area contributed by atoms with E-state index in [4.69, 9.17) is 9.84 Å². The number of nitrogens with zero attached hydrogens (tertiary/aromatic N) is 1. The van der Waals surface area contributed by atoms with Crippen molar-refractivity contribution in [3.8, 4) is 5.75 Å². The van der Waals surface area contributed by atoms with Gasteiger partial charge in [-0.3, -0.25) is 0 Å². The van der Waals surface area contributed by atoms with E-state index >= 15 is 0 Å². The number of hydrogen-bond donors (Lipinski definition) is 1. The van der Waals surface area contributed by atoms with E-state index in [1.165, 1.54) is 6.07 Å². The van der Waals surface area contributed by atoms with Gasteiger partial charge in [0.25, 0.3) is 0 Å². The summed E-state index contributed by atoms with van der Waals surface area (Å²) >= 11 is 0. The van der Waals surface area contributed by atoms with Crippen LogP contribution in [0.25, 0.3) is 5.76 Å². The molecule has 0 radical (unpaired) electrons. The van der Waals surface area contributed by atoms with Crippen LogP contribution in [0.15, 0.2) is 24.3 Å². The number of para-hydroxylation sites is 1. The number of carboxylic acid groups (broad SMARTS) is 1. The molecule has 0 aliphatic carbocycles. The molecule has 0 unspecified atom stereocenters. The molecule has 0 aromatic heterocycles. The molecule has 1 spiro atoms. The number of fused-ring (bicyclic) bond motifs is 1. The fourth-order valence-corrected chi connectivity index (χ4v) is 3.38. The fraction of sp³-hybridized carbons (Fsp3) is 0.400. The van der Waals surface area contributed by atoms with Crippen LogP contribution in [0.1, 0.15) is 18.4 Å². The number of likely N-dealkylation sites (tertiary alicyclic amines) is 1. The molecule has 148 valence electrons. The van der Waals surface area contributed by atoms with E-state index in [0.29, 0.717) is 0 Å². The summed E-state index contributed by atoms with van der Waals surface area (Å²) in [6.45, 7) is -0.0656. The lowest BCUT2D eigenvalue weighted by Gasteiger charge is -2.41. The monoisotopic (exact) mass is 411 g/mol. The van der Waals surface area contributed by atoms with Gasteiger partial charge < -0.3 is 18.9 Å². The second-order valence-electron chi connectivity index (χ2n) is 6.04. The zero-order chi connectivity index (χ0) is 20.0. The summed E-state index contributed by atoms with van der Waals surface area (Å²) in [6, 6.07) is 3.33. The van der Waals surface area contributed by atoms with Gasteiger partial charge in [-0.25, -0.2) is 9.18 Å². The van der Waals surface area contributed by atoms with Crippen molar-refractivity contribution in [1.82, 2.24) is 4.90 Å². The van der Waals surface area contributed by atoms with Gasteiger partial charge in [0.1, 0.15) is 5.60 Å². The predicted octanol–water partition coefficient (Wildman–Crippen LogP) is 2.94. The van der Waals surface area contributed by atoms with Gasteiger partial charge in [-0.1, -0.05) is 6.07 Å². The Labute approximate surface area is 150 Å². The maximum absolute atomic E-state index is 14.2. The van der Waals surface area contributed by atoms with Crippen LogP contribution in [-0.4, -0.2) is 48.7 Å². The first-order valence-electron chi connectivity index (χ1n) is 7.63. The summed E-state index contributed by atoms with van der Waals surface area (Å²) in [7, 11) is -5.98. The van der Waals surface area contributed by atoms with E-state index in [1.54, 1.807) is 0 Å². The Bertz CT molecular complexity index is 903. The van der Waals surface area contributed by atoms with Gasteiger partial charge >= 0.3 is 21.7 Å². The predicted molar refractivity (Wildman–Crippen MR) is 82.6 cm³/mol. The topological polar surface area (TPSA) is 93.1 Å². The summed E-state index contributed by atoms with van der Waals surface area (Å²) in [6.07, 6.45) is -0.192. The quantitative estimate of drug-likeness (QED) is 0.457. The number of piperidine rings is 1. The van der Waals surface area contributed by atoms with Crippen LogP contribution in [0.5, 0.6) is 5.75 Å². The van der Waals surface area contributed by atoms with Crippen molar-refractivity contribution < 1.29 is 44.8 Å². The number of ether oxygens (including phenoxy) is 1. The number of benzene rings is 1. The molecule has 0 bridgehead atoms. The molecule has 1 N–H and O–H groups in total. The highest BCUT2D eigenvalue weighted by molar-refractivity contribution is 7.87. The van der Waals surface area contributed by atoms with Crippen molar-refractivity contribution in [3.63, 3.8) is 0 Å². The van der Waals surface area contributed by atoms with Gasteiger partial charge in [0, 0.05) is 32.0 Å². The summed E-state index contributed by atoms with van der Waals surface area (Å²) < 4.78 is 85.0. The van der Waals surface area contributed by atoms with Gasteiger partial charge in [0.15, 0.2) is 17.3 Å². The summed E-state index contributed by atoms with van der Waals surface area (Å²) in [5.41, 5.74) is -7.34. The van der Waals surface area contributed by atoms with Gasteiger partial charge in [-0.2, -0.15) is 21.6 Å². The molecule has 1 aromatic rings. The third kappa shape index (κ3) is 3.53. The van der Waals surface area contributed by atoms with Crippen molar-refractivity contribution in [2.45, 2.75) is 24.0 Å². The molecule has 1 fully saturated rings. The Morgan fingerprint density at radius 3 is 2.44 bits per heavy atom. The zero-order valence-corrected chi connectivity index (χ0v) is 14.3. The molecule has 2 heterocycles. The van der Waals surface area contributed by atoms with Crippen LogP contribution in [0.3, 0.4) is 0 Å². The van der Waals surface area contributed by atoms with Crippen molar-refractivity contribution in [2.24, 2.45) is 0 Å². The molecule has 3 rings (SSSR count). The molecular formula is C15H13F4NO6S. The lowest BCUT2D eigenvalue weighted by molar-refractivity contribution is -0.0511. The Balaban J connectivity index is 2.02. The van der Waals surface area contributed by atoms with E-state index in [2.05, 4.69) is 4.18 Å². The molecule has 1 amide bonds. The van der Waals surface area contributed by atoms with Crippen LogP contribution in [0.4, 0.5) is 22.4 Å². The van der Waals surface area contributed by atoms with E-state index in [-0.39, 0.29) is 31.5 Å². The second-order valence-corrected chi connectivity index (χ2v) is 7.58. The molecule has 1 saturated heterocycles. The van der Waals surface area contributed by atoms with Crippen LogP contribution < -0.4 is 4.74 Å². The number of halogens is 4. The highest BCUT2D eigenvalue weighted by Gasteiger charge is 2.50. The molecular weight excluding hydrogens is 398 g/mol. The van der Waals surface area contributed by atoms with E-state index < -0.39 is 44.6 Å². The number of rotatable bonds is 2. The molecule has 1 aromatic carbocycles. The Kier molecular flexibility index (Phi) is 4.49. The van der Waals surface area contributed by atoms with E-state index in [9.17, 15) is 30.8 Å². The molecule has 2 aliphatic heterocycles. The number of hydrogen-bond acceptors (Lipinski definition) is 5. The van der Waals surface area contributed by atoms with Gasteiger partial charge in [0.05, 0.1) is 5.56 Å². The Morgan fingerprint density at radius 2 is 1.89 bits per heavy atom. The highest BCUT2D eigenvalue weighted by Crippen LogP contribution is 2.44. The van der Waals surface area contributed by atoms with Crippen LogP contribution in [0.2, 0.25) is 0 Å². The molecule has 7 nitrogen and oxygen atoms in total. The van der Waals surface area contributed by atoms with Gasteiger partial charge in [0.2, 0.25) is 0 Å². The lowest BCUT2D eigenvalue weighted by atomic mass is 9.87. The van der Waals surface area contributed by atoms with E-state index in [1.807, 2.05) is 0 Å². The molecule has 27 heavy (non-hydrogen) atoms. The second kappa shape index (κ2) is 6.29. The Hall–Kier alpha value is -2.50. The minimum absolute atomic E-state index is 0.0218. The first-order chi connectivity index (χ1) is 12.4. The SMILES string of the molecule is O=C(O)N1CCC2(C=C(OS(=O)(=O)C(F)(F)F)c3cccc(F)c3O2)CC1. The zero-order valence-electron chi connectivity index (χ0n) is 13.5. The van der Waals surface area contributed by atoms with Crippen molar-refractivity contribution in [1.29, 1.82) is 0 Å². The minimum atomic E-state index is -5.98. The summed E-state index contributed by atoms with van der Waals surface area (Å²) in [4.78, 5) is 12.1. The Morgan fingerprint density at radius 1 is 1.26 bits per heavy atom. The number of carbonyl (C=O) groups is 1. The third-order valence-corrected chi connectivity index (χ3v) is 5.26. The minimum Gasteiger partial charge on any atom is -0.479 e. The molecule has 12 heteroatoms. The first-order valence-corrected chi connectivity index (χ1v) is 9.04.